The van der Waals surface area contributed by atoms with Crippen molar-refractivity contribution < 1.29 is 13.2 Å². The van der Waals surface area contributed by atoms with Crippen molar-refractivity contribution in [3.05, 3.63) is 23.3 Å². The number of ether oxygens (including phenoxy) is 1. The predicted molar refractivity (Wildman–Crippen MR) is 90.5 cm³/mol. The summed E-state index contributed by atoms with van der Waals surface area (Å²) >= 11 is 0. The van der Waals surface area contributed by atoms with Gasteiger partial charge in [-0.1, -0.05) is 13.0 Å². The molecule has 7 heteroatoms. The van der Waals surface area contributed by atoms with Crippen LogP contribution in [-0.2, 0) is 10.0 Å². The van der Waals surface area contributed by atoms with E-state index in [9.17, 15) is 8.42 Å². The van der Waals surface area contributed by atoms with Crippen molar-refractivity contribution in [1.82, 2.24) is 10.0 Å². The molecule has 0 saturated carbocycles. The van der Waals surface area contributed by atoms with Crippen LogP contribution in [0.15, 0.2) is 17.0 Å². The number of sulfonamides is 1. The van der Waals surface area contributed by atoms with Crippen molar-refractivity contribution in [2.75, 3.05) is 20.2 Å². The quantitative estimate of drug-likeness (QED) is 0.873. The second-order valence-corrected chi connectivity index (χ2v) is 7.49. The van der Waals surface area contributed by atoms with Gasteiger partial charge in [0.2, 0.25) is 10.0 Å². The number of hydrogen-bond acceptors (Lipinski definition) is 4. The number of halogens is 1. The third kappa shape index (κ3) is 4.13. The molecule has 22 heavy (non-hydrogen) atoms. The van der Waals surface area contributed by atoms with Crippen LogP contribution in [-0.4, -0.2) is 34.7 Å². The maximum atomic E-state index is 12.7. The highest BCUT2D eigenvalue weighted by Gasteiger charge is 2.29. The minimum absolute atomic E-state index is 0. The highest BCUT2D eigenvalue weighted by Crippen LogP contribution is 2.29. The second kappa shape index (κ2) is 7.64. The number of nitrogens with one attached hydrogen (secondary N) is 2. The maximum Gasteiger partial charge on any atom is 0.244 e. The first-order valence-corrected chi connectivity index (χ1v) is 8.71. The Morgan fingerprint density at radius 1 is 1.32 bits per heavy atom. The van der Waals surface area contributed by atoms with Gasteiger partial charge in [0.25, 0.3) is 0 Å². The first-order valence-electron chi connectivity index (χ1n) is 7.23. The molecule has 1 aromatic carbocycles. The average molecular weight is 349 g/mol. The molecule has 1 aromatic rings. The van der Waals surface area contributed by atoms with Gasteiger partial charge in [-0.25, -0.2) is 13.1 Å². The van der Waals surface area contributed by atoms with Crippen LogP contribution in [0.2, 0.25) is 0 Å². The minimum Gasteiger partial charge on any atom is -0.495 e. The summed E-state index contributed by atoms with van der Waals surface area (Å²) < 4.78 is 33.6. The van der Waals surface area contributed by atoms with E-state index >= 15 is 0 Å². The van der Waals surface area contributed by atoms with Crippen molar-refractivity contribution >= 4 is 22.4 Å². The number of hydrogen-bond donors (Lipinski definition) is 2. The van der Waals surface area contributed by atoms with Crippen LogP contribution >= 0.6 is 12.4 Å². The van der Waals surface area contributed by atoms with Gasteiger partial charge >= 0.3 is 0 Å². The molecule has 1 aliphatic rings. The van der Waals surface area contributed by atoms with E-state index in [0.29, 0.717) is 5.75 Å². The lowest BCUT2D eigenvalue weighted by molar-refractivity contribution is 0.327. The van der Waals surface area contributed by atoms with E-state index in [1.54, 1.807) is 6.07 Å². The lowest BCUT2D eigenvalue weighted by Gasteiger charge is -2.30. The van der Waals surface area contributed by atoms with Gasteiger partial charge in [-0.05, 0) is 56.5 Å². The molecule has 2 unspecified atom stereocenters. The molecule has 2 rings (SSSR count). The van der Waals surface area contributed by atoms with Crippen LogP contribution in [0, 0.1) is 19.8 Å². The zero-order valence-electron chi connectivity index (χ0n) is 13.5. The highest BCUT2D eigenvalue weighted by atomic mass is 35.5. The molecule has 126 valence electrons. The number of rotatable bonds is 4. The van der Waals surface area contributed by atoms with Gasteiger partial charge in [0.1, 0.15) is 10.6 Å². The first kappa shape index (κ1) is 19.2. The predicted octanol–water partition coefficient (Wildman–Crippen LogP) is 2.01. The van der Waals surface area contributed by atoms with Gasteiger partial charge in [0.15, 0.2) is 0 Å². The van der Waals surface area contributed by atoms with Crippen LogP contribution in [0.4, 0.5) is 0 Å². The molecule has 5 nitrogen and oxygen atoms in total. The van der Waals surface area contributed by atoms with E-state index in [2.05, 4.69) is 17.0 Å². The largest absolute Gasteiger partial charge is 0.495 e. The van der Waals surface area contributed by atoms with Crippen molar-refractivity contribution in [2.24, 2.45) is 5.92 Å². The molecule has 1 fully saturated rings. The normalized spacial score (nSPS) is 22.0. The molecule has 1 heterocycles. The van der Waals surface area contributed by atoms with Crippen molar-refractivity contribution in [2.45, 2.75) is 38.1 Å². The lowest BCUT2D eigenvalue weighted by Crippen LogP contribution is -2.48. The number of benzene rings is 1. The molecule has 0 bridgehead atoms. The molecule has 0 spiro atoms. The van der Waals surface area contributed by atoms with Crippen molar-refractivity contribution in [3.8, 4) is 5.75 Å². The fourth-order valence-electron chi connectivity index (χ4n) is 2.83. The Balaban J connectivity index is 0.00000242. The summed E-state index contributed by atoms with van der Waals surface area (Å²) in [6.45, 7) is 7.47. The Labute approximate surface area is 139 Å². The molecular weight excluding hydrogens is 324 g/mol. The molecule has 0 amide bonds. The second-order valence-electron chi connectivity index (χ2n) is 5.81. The summed E-state index contributed by atoms with van der Waals surface area (Å²) in [7, 11) is -2.08. The van der Waals surface area contributed by atoms with Gasteiger partial charge < -0.3 is 10.1 Å². The Morgan fingerprint density at radius 2 is 2.00 bits per heavy atom. The highest BCUT2D eigenvalue weighted by molar-refractivity contribution is 7.89. The Morgan fingerprint density at radius 3 is 2.59 bits per heavy atom. The molecule has 0 aromatic heterocycles. The summed E-state index contributed by atoms with van der Waals surface area (Å²) in [5, 5.41) is 3.27. The van der Waals surface area contributed by atoms with E-state index in [4.69, 9.17) is 4.74 Å². The fourth-order valence-corrected chi connectivity index (χ4v) is 4.53. The van der Waals surface area contributed by atoms with Crippen LogP contribution in [0.5, 0.6) is 5.75 Å². The van der Waals surface area contributed by atoms with Gasteiger partial charge in [-0.2, -0.15) is 0 Å². The van der Waals surface area contributed by atoms with Crippen LogP contribution in [0.3, 0.4) is 0 Å². The van der Waals surface area contributed by atoms with Gasteiger partial charge in [-0.15, -0.1) is 12.4 Å². The molecule has 0 radical (unpaired) electrons. The summed E-state index contributed by atoms with van der Waals surface area (Å²) in [6.07, 6.45) is 0.799. The van der Waals surface area contributed by atoms with Crippen molar-refractivity contribution in [1.29, 1.82) is 0 Å². The first-order chi connectivity index (χ1) is 9.85. The molecule has 1 aliphatic heterocycles. The molecule has 1 saturated heterocycles. The van der Waals surface area contributed by atoms with Gasteiger partial charge in [0, 0.05) is 6.04 Å². The Hall–Kier alpha value is -0.820. The Bertz CT molecular complexity index is 619. The lowest BCUT2D eigenvalue weighted by atomic mass is 9.97. The van der Waals surface area contributed by atoms with Crippen LogP contribution in [0.1, 0.15) is 24.5 Å². The third-order valence-electron chi connectivity index (χ3n) is 3.97. The van der Waals surface area contributed by atoms with E-state index in [1.807, 2.05) is 19.9 Å². The van der Waals surface area contributed by atoms with Crippen LogP contribution in [0.25, 0.3) is 0 Å². The summed E-state index contributed by atoms with van der Waals surface area (Å²) in [6, 6.07) is 3.55. The summed E-state index contributed by atoms with van der Waals surface area (Å²) in [4.78, 5) is 0.230. The van der Waals surface area contributed by atoms with E-state index in [-0.39, 0.29) is 29.3 Å². The van der Waals surface area contributed by atoms with Gasteiger partial charge in [0.05, 0.1) is 7.11 Å². The number of methoxy groups -OCH3 is 1. The zero-order valence-corrected chi connectivity index (χ0v) is 15.1. The topological polar surface area (TPSA) is 67.4 Å². The monoisotopic (exact) mass is 348 g/mol. The fraction of sp³-hybridized carbons (Fsp3) is 0.600. The molecular formula is C15H25ClN2O3S. The standard InChI is InChI=1S/C15H24N2O3S.ClH/c1-10-7-11(2)15(20-4)14(8-10)21(18,19)17-13-5-6-16-9-12(13)3;/h7-8,12-13,16-17H,5-6,9H2,1-4H3;1H. The maximum absolute atomic E-state index is 12.7. The number of piperidine rings is 1. The average Bonchev–Trinajstić information content (AvgIpc) is 2.40. The smallest absolute Gasteiger partial charge is 0.244 e. The molecule has 0 aliphatic carbocycles. The Kier molecular flexibility index (Phi) is 6.67. The van der Waals surface area contributed by atoms with E-state index in [0.717, 1.165) is 30.6 Å². The molecule has 2 N–H and O–H groups in total. The van der Waals surface area contributed by atoms with Crippen LogP contribution < -0.4 is 14.8 Å². The van der Waals surface area contributed by atoms with Crippen molar-refractivity contribution in [3.63, 3.8) is 0 Å². The number of aryl methyl sites for hydroxylation is 2. The van der Waals surface area contributed by atoms with Gasteiger partial charge in [-0.3, -0.25) is 0 Å². The minimum atomic E-state index is -3.58. The zero-order chi connectivity index (χ0) is 15.6. The summed E-state index contributed by atoms with van der Waals surface area (Å²) in [5.41, 5.74) is 1.74. The summed E-state index contributed by atoms with van der Waals surface area (Å²) in [5.74, 6) is 0.695. The SMILES string of the molecule is COc1c(C)cc(C)cc1S(=O)(=O)NC1CCNCC1C.Cl. The van der Waals surface area contributed by atoms with E-state index in [1.165, 1.54) is 7.11 Å². The molecule has 2 atom stereocenters. The van der Waals surface area contributed by atoms with E-state index < -0.39 is 10.0 Å². The third-order valence-corrected chi connectivity index (χ3v) is 5.47.